The Hall–Kier alpha value is -1.81. The number of methoxy groups -OCH3 is 1. The Bertz CT molecular complexity index is 561. The quantitative estimate of drug-likeness (QED) is 0.897. The summed E-state index contributed by atoms with van der Waals surface area (Å²) in [6.07, 6.45) is 0. The lowest BCUT2D eigenvalue weighted by Crippen LogP contribution is -2.13. The summed E-state index contributed by atoms with van der Waals surface area (Å²) in [5, 5.41) is 7.99. The number of benzene rings is 1. The van der Waals surface area contributed by atoms with E-state index >= 15 is 0 Å². The minimum absolute atomic E-state index is 0.846. The number of ether oxygens (including phenoxy) is 1. The predicted octanol–water partition coefficient (Wildman–Crippen LogP) is 2.61. The molecule has 1 N–H and O–H groups in total. The monoisotopic (exact) mass is 259 g/mol. The van der Waals surface area contributed by atoms with Crippen LogP contribution in [0, 0.1) is 13.8 Å². The summed E-state index contributed by atoms with van der Waals surface area (Å²) < 4.78 is 7.24. The van der Waals surface area contributed by atoms with Crippen LogP contribution in [-0.2, 0) is 6.54 Å². The summed E-state index contributed by atoms with van der Waals surface area (Å²) in [4.78, 5) is 0. The molecule has 102 valence electrons. The first-order valence-electron chi connectivity index (χ1n) is 6.57. The van der Waals surface area contributed by atoms with Gasteiger partial charge < -0.3 is 10.1 Å². The van der Waals surface area contributed by atoms with E-state index in [0.29, 0.717) is 0 Å². The van der Waals surface area contributed by atoms with Crippen molar-refractivity contribution in [3.05, 3.63) is 41.2 Å². The highest BCUT2D eigenvalue weighted by atomic mass is 16.5. The summed E-state index contributed by atoms with van der Waals surface area (Å²) in [6, 6.07) is 7.96. The first kappa shape index (κ1) is 13.6. The molecule has 19 heavy (non-hydrogen) atoms. The first-order chi connectivity index (χ1) is 9.17. The molecule has 0 atom stereocenters. The van der Waals surface area contributed by atoms with E-state index in [4.69, 9.17) is 4.74 Å². The Labute approximate surface area is 114 Å². The molecule has 0 spiro atoms. The third kappa shape index (κ3) is 2.79. The van der Waals surface area contributed by atoms with Gasteiger partial charge in [0.05, 0.1) is 18.5 Å². The van der Waals surface area contributed by atoms with Crippen molar-refractivity contribution in [1.29, 1.82) is 0 Å². The number of nitrogens with zero attached hydrogens (tertiary/aromatic N) is 2. The van der Waals surface area contributed by atoms with Gasteiger partial charge in [-0.25, -0.2) is 4.68 Å². The van der Waals surface area contributed by atoms with E-state index in [-0.39, 0.29) is 0 Å². The molecule has 0 radical (unpaired) electrons. The molecule has 0 fully saturated rings. The van der Waals surface area contributed by atoms with Crippen LogP contribution < -0.4 is 10.1 Å². The predicted molar refractivity (Wildman–Crippen MR) is 77.0 cm³/mol. The zero-order chi connectivity index (χ0) is 13.8. The van der Waals surface area contributed by atoms with Crippen LogP contribution in [0.5, 0.6) is 5.75 Å². The molecule has 1 aromatic carbocycles. The number of aromatic nitrogens is 2. The second-order valence-corrected chi connectivity index (χ2v) is 4.54. The topological polar surface area (TPSA) is 39.1 Å². The Balaban J connectivity index is 2.39. The third-order valence-electron chi connectivity index (χ3n) is 3.29. The molecule has 2 rings (SSSR count). The van der Waals surface area contributed by atoms with Crippen molar-refractivity contribution in [2.45, 2.75) is 27.3 Å². The number of aryl methyl sites for hydroxylation is 1. The van der Waals surface area contributed by atoms with Gasteiger partial charge in [-0.3, -0.25) is 0 Å². The van der Waals surface area contributed by atoms with Crippen LogP contribution >= 0.6 is 0 Å². The maximum Gasteiger partial charge on any atom is 0.121 e. The largest absolute Gasteiger partial charge is 0.497 e. The third-order valence-corrected chi connectivity index (χ3v) is 3.29. The minimum atomic E-state index is 0.846. The van der Waals surface area contributed by atoms with Crippen molar-refractivity contribution in [2.75, 3.05) is 13.7 Å². The maximum atomic E-state index is 5.26. The lowest BCUT2D eigenvalue weighted by atomic mass is 10.2. The molecule has 0 aliphatic heterocycles. The summed E-state index contributed by atoms with van der Waals surface area (Å²) >= 11 is 0. The standard InChI is InChI=1S/C15H21N3O/c1-5-16-10-15-11(2)17-18(12(15)3)13-7-6-8-14(9-13)19-4/h6-9,16H,5,10H2,1-4H3. The van der Waals surface area contributed by atoms with Crippen molar-refractivity contribution in [1.82, 2.24) is 15.1 Å². The number of hydrogen-bond donors (Lipinski definition) is 1. The zero-order valence-corrected chi connectivity index (χ0v) is 12.0. The van der Waals surface area contributed by atoms with Crippen molar-refractivity contribution in [3.8, 4) is 11.4 Å². The van der Waals surface area contributed by atoms with Crippen LogP contribution in [0.3, 0.4) is 0 Å². The van der Waals surface area contributed by atoms with Crippen LogP contribution in [-0.4, -0.2) is 23.4 Å². The molecule has 4 nitrogen and oxygen atoms in total. The SMILES string of the molecule is CCNCc1c(C)nn(-c2cccc(OC)c2)c1C. The lowest BCUT2D eigenvalue weighted by Gasteiger charge is -2.07. The number of nitrogens with one attached hydrogen (secondary N) is 1. The molecule has 4 heteroatoms. The summed E-state index contributed by atoms with van der Waals surface area (Å²) in [5.74, 6) is 0.846. The Morgan fingerprint density at radius 2 is 2.11 bits per heavy atom. The fourth-order valence-electron chi connectivity index (χ4n) is 2.17. The van der Waals surface area contributed by atoms with Crippen LogP contribution in [0.15, 0.2) is 24.3 Å². The van der Waals surface area contributed by atoms with E-state index in [1.165, 1.54) is 11.3 Å². The molecule has 0 aliphatic carbocycles. The molecule has 0 unspecified atom stereocenters. The van der Waals surface area contributed by atoms with E-state index in [1.807, 2.05) is 28.9 Å². The molecule has 0 bridgehead atoms. The van der Waals surface area contributed by atoms with Gasteiger partial charge in [-0.15, -0.1) is 0 Å². The van der Waals surface area contributed by atoms with Crippen molar-refractivity contribution >= 4 is 0 Å². The van der Waals surface area contributed by atoms with E-state index in [9.17, 15) is 0 Å². The highest BCUT2D eigenvalue weighted by molar-refractivity contribution is 5.41. The zero-order valence-electron chi connectivity index (χ0n) is 12.0. The first-order valence-corrected chi connectivity index (χ1v) is 6.57. The summed E-state index contributed by atoms with van der Waals surface area (Å²) in [5.41, 5.74) is 4.54. The van der Waals surface area contributed by atoms with Crippen LogP contribution in [0.1, 0.15) is 23.9 Å². The fourth-order valence-corrected chi connectivity index (χ4v) is 2.17. The Morgan fingerprint density at radius 1 is 1.32 bits per heavy atom. The Kier molecular flexibility index (Phi) is 4.22. The number of rotatable bonds is 5. The van der Waals surface area contributed by atoms with E-state index in [2.05, 4.69) is 31.2 Å². The highest BCUT2D eigenvalue weighted by Crippen LogP contribution is 2.21. The molecule has 1 heterocycles. The van der Waals surface area contributed by atoms with Gasteiger partial charge in [0.2, 0.25) is 0 Å². The summed E-state index contributed by atoms with van der Waals surface area (Å²) in [6.45, 7) is 8.08. The number of hydrogen-bond acceptors (Lipinski definition) is 3. The van der Waals surface area contributed by atoms with E-state index in [1.54, 1.807) is 7.11 Å². The van der Waals surface area contributed by atoms with E-state index < -0.39 is 0 Å². The second-order valence-electron chi connectivity index (χ2n) is 4.54. The summed E-state index contributed by atoms with van der Waals surface area (Å²) in [7, 11) is 1.68. The highest BCUT2D eigenvalue weighted by Gasteiger charge is 2.12. The van der Waals surface area contributed by atoms with Gasteiger partial charge in [-0.1, -0.05) is 13.0 Å². The molecule has 0 amide bonds. The van der Waals surface area contributed by atoms with Gasteiger partial charge in [0.25, 0.3) is 0 Å². The van der Waals surface area contributed by atoms with Gasteiger partial charge in [-0.2, -0.15) is 5.10 Å². The van der Waals surface area contributed by atoms with Crippen molar-refractivity contribution < 1.29 is 4.74 Å². The van der Waals surface area contributed by atoms with Gasteiger partial charge in [0, 0.05) is 23.9 Å². The van der Waals surface area contributed by atoms with E-state index in [0.717, 1.165) is 30.2 Å². The smallest absolute Gasteiger partial charge is 0.121 e. The molecule has 0 saturated carbocycles. The molecule has 2 aromatic rings. The molecular formula is C15H21N3O. The Morgan fingerprint density at radius 3 is 2.79 bits per heavy atom. The van der Waals surface area contributed by atoms with Gasteiger partial charge in [0.1, 0.15) is 5.75 Å². The minimum Gasteiger partial charge on any atom is -0.497 e. The van der Waals surface area contributed by atoms with Crippen LogP contribution in [0.25, 0.3) is 5.69 Å². The van der Waals surface area contributed by atoms with Crippen molar-refractivity contribution in [3.63, 3.8) is 0 Å². The van der Waals surface area contributed by atoms with Crippen LogP contribution in [0.4, 0.5) is 0 Å². The molecule has 0 saturated heterocycles. The lowest BCUT2D eigenvalue weighted by molar-refractivity contribution is 0.414. The van der Waals surface area contributed by atoms with Gasteiger partial charge in [-0.05, 0) is 32.5 Å². The molecule has 1 aromatic heterocycles. The molecular weight excluding hydrogens is 238 g/mol. The van der Waals surface area contributed by atoms with Gasteiger partial charge >= 0.3 is 0 Å². The van der Waals surface area contributed by atoms with Crippen LogP contribution in [0.2, 0.25) is 0 Å². The second kappa shape index (κ2) is 5.89. The van der Waals surface area contributed by atoms with Gasteiger partial charge in [0.15, 0.2) is 0 Å². The molecule has 0 aliphatic rings. The maximum absolute atomic E-state index is 5.26. The van der Waals surface area contributed by atoms with Crippen molar-refractivity contribution in [2.24, 2.45) is 0 Å². The average Bonchev–Trinajstić information content (AvgIpc) is 2.72. The normalized spacial score (nSPS) is 10.7. The fraction of sp³-hybridized carbons (Fsp3) is 0.400. The average molecular weight is 259 g/mol.